The van der Waals surface area contributed by atoms with Gasteiger partial charge in [0, 0.05) is 11.9 Å². The van der Waals surface area contributed by atoms with Crippen molar-refractivity contribution in [1.82, 2.24) is 15.1 Å². The molecule has 2 heterocycles. The second-order valence-electron chi connectivity index (χ2n) is 4.91. The van der Waals surface area contributed by atoms with Gasteiger partial charge in [-0.15, -0.1) is 0 Å². The minimum Gasteiger partial charge on any atom is -0.365 e. The number of rotatable bonds is 1. The van der Waals surface area contributed by atoms with Gasteiger partial charge in [-0.1, -0.05) is 11.6 Å². The van der Waals surface area contributed by atoms with Crippen LogP contribution in [0.2, 0.25) is 5.02 Å². The number of halogens is 4. The Bertz CT molecular complexity index is 716. The number of carbonyl (C=O) groups excluding carboxylic acids is 1. The molecular formula is C13H11ClF3N3O2. The molecule has 118 valence electrons. The molecule has 1 fully saturated rings. The highest BCUT2D eigenvalue weighted by atomic mass is 35.5. The highest BCUT2D eigenvalue weighted by Crippen LogP contribution is 2.29. The number of fused-ring (bicyclic) bond motifs is 1. The van der Waals surface area contributed by atoms with E-state index in [1.807, 2.05) is 0 Å². The number of hydrogen-bond acceptors (Lipinski definition) is 3. The van der Waals surface area contributed by atoms with E-state index in [0.717, 1.165) is 4.90 Å². The number of aromatic nitrogens is 2. The molecule has 0 radical (unpaired) electrons. The van der Waals surface area contributed by atoms with Crippen molar-refractivity contribution in [1.29, 1.82) is 0 Å². The third kappa shape index (κ3) is 2.64. The molecule has 1 amide bonds. The molecule has 0 bridgehead atoms. The van der Waals surface area contributed by atoms with Crippen molar-refractivity contribution in [2.45, 2.75) is 12.3 Å². The predicted octanol–water partition coefficient (Wildman–Crippen LogP) is 2.62. The quantitative estimate of drug-likeness (QED) is 0.872. The van der Waals surface area contributed by atoms with E-state index in [4.69, 9.17) is 11.6 Å². The summed E-state index contributed by atoms with van der Waals surface area (Å²) < 4.78 is 43.0. The molecule has 0 aliphatic carbocycles. The average molecular weight is 334 g/mol. The summed E-state index contributed by atoms with van der Waals surface area (Å²) in [6.45, 7) is -0.651. The number of ether oxygens (including phenoxy) is 1. The van der Waals surface area contributed by atoms with Crippen molar-refractivity contribution in [3.63, 3.8) is 0 Å². The van der Waals surface area contributed by atoms with E-state index < -0.39 is 24.7 Å². The summed E-state index contributed by atoms with van der Waals surface area (Å²) in [7, 11) is 0. The van der Waals surface area contributed by atoms with E-state index in [1.54, 1.807) is 6.07 Å². The summed E-state index contributed by atoms with van der Waals surface area (Å²) in [4.78, 5) is 13.7. The summed E-state index contributed by atoms with van der Waals surface area (Å²) in [5, 5.41) is 7.30. The second-order valence-corrected chi connectivity index (χ2v) is 5.32. The first-order valence-corrected chi connectivity index (χ1v) is 6.85. The van der Waals surface area contributed by atoms with Gasteiger partial charge in [-0.3, -0.25) is 9.89 Å². The van der Waals surface area contributed by atoms with Crippen LogP contribution in [0.15, 0.2) is 18.3 Å². The summed E-state index contributed by atoms with van der Waals surface area (Å²) >= 11 is 6.05. The van der Waals surface area contributed by atoms with Gasteiger partial charge in [0.1, 0.15) is 0 Å². The van der Waals surface area contributed by atoms with Gasteiger partial charge in [-0.25, -0.2) is 0 Å². The first kappa shape index (κ1) is 15.1. The SMILES string of the molecule is O=C(c1c(Cl)ccc2cn[nH]c12)N1CCOC(C(F)(F)F)C1. The van der Waals surface area contributed by atoms with Crippen LogP contribution in [-0.2, 0) is 4.74 Å². The lowest BCUT2D eigenvalue weighted by atomic mass is 10.1. The van der Waals surface area contributed by atoms with E-state index in [1.165, 1.54) is 12.3 Å². The van der Waals surface area contributed by atoms with Crippen LogP contribution >= 0.6 is 11.6 Å². The maximum absolute atomic E-state index is 12.8. The largest absolute Gasteiger partial charge is 0.416 e. The second kappa shape index (κ2) is 5.44. The van der Waals surface area contributed by atoms with E-state index in [2.05, 4.69) is 14.9 Å². The Labute approximate surface area is 128 Å². The zero-order valence-corrected chi connectivity index (χ0v) is 11.9. The number of carbonyl (C=O) groups is 1. The number of alkyl halides is 3. The molecule has 1 aliphatic rings. The van der Waals surface area contributed by atoms with Crippen molar-refractivity contribution in [2.24, 2.45) is 0 Å². The fourth-order valence-corrected chi connectivity index (χ4v) is 2.63. The Kier molecular flexibility index (Phi) is 3.73. The molecule has 1 N–H and O–H groups in total. The lowest BCUT2D eigenvalue weighted by Crippen LogP contribution is -2.51. The maximum atomic E-state index is 12.8. The topological polar surface area (TPSA) is 58.2 Å². The van der Waals surface area contributed by atoms with Crippen LogP contribution in [0, 0.1) is 0 Å². The Balaban J connectivity index is 1.92. The Morgan fingerprint density at radius 1 is 1.45 bits per heavy atom. The van der Waals surface area contributed by atoms with Gasteiger partial charge < -0.3 is 9.64 Å². The molecule has 1 aromatic heterocycles. The third-order valence-electron chi connectivity index (χ3n) is 3.50. The fraction of sp³-hybridized carbons (Fsp3) is 0.385. The molecule has 0 spiro atoms. The number of amides is 1. The Hall–Kier alpha value is -1.80. The molecule has 9 heteroatoms. The zero-order valence-electron chi connectivity index (χ0n) is 11.2. The highest BCUT2D eigenvalue weighted by Gasteiger charge is 2.44. The minimum atomic E-state index is -4.51. The van der Waals surface area contributed by atoms with Crippen LogP contribution in [0.5, 0.6) is 0 Å². The molecule has 1 atom stereocenters. The molecule has 3 rings (SSSR count). The first-order valence-electron chi connectivity index (χ1n) is 6.47. The fourth-order valence-electron chi connectivity index (χ4n) is 2.39. The molecule has 1 aliphatic heterocycles. The maximum Gasteiger partial charge on any atom is 0.416 e. The molecule has 1 unspecified atom stereocenters. The normalized spacial score (nSPS) is 19.6. The molecule has 22 heavy (non-hydrogen) atoms. The monoisotopic (exact) mass is 333 g/mol. The smallest absolute Gasteiger partial charge is 0.365 e. The van der Waals surface area contributed by atoms with Crippen molar-refractivity contribution < 1.29 is 22.7 Å². The van der Waals surface area contributed by atoms with E-state index in [-0.39, 0.29) is 23.7 Å². The lowest BCUT2D eigenvalue weighted by Gasteiger charge is -2.34. The van der Waals surface area contributed by atoms with Crippen LogP contribution < -0.4 is 0 Å². The van der Waals surface area contributed by atoms with Gasteiger partial charge in [-0.2, -0.15) is 18.3 Å². The predicted molar refractivity (Wildman–Crippen MR) is 72.8 cm³/mol. The molecule has 1 saturated heterocycles. The average Bonchev–Trinajstić information content (AvgIpc) is 2.94. The van der Waals surface area contributed by atoms with Gasteiger partial charge in [0.25, 0.3) is 5.91 Å². The summed E-state index contributed by atoms with van der Waals surface area (Å²) in [6, 6.07) is 3.20. The van der Waals surface area contributed by atoms with E-state index in [0.29, 0.717) is 10.9 Å². The van der Waals surface area contributed by atoms with Gasteiger partial charge in [-0.05, 0) is 12.1 Å². The van der Waals surface area contributed by atoms with Crippen LogP contribution in [-0.4, -0.2) is 53.0 Å². The van der Waals surface area contributed by atoms with Crippen LogP contribution in [0.1, 0.15) is 10.4 Å². The highest BCUT2D eigenvalue weighted by molar-refractivity contribution is 6.35. The molecule has 0 saturated carbocycles. The Morgan fingerprint density at radius 2 is 2.23 bits per heavy atom. The molecule has 1 aromatic carbocycles. The van der Waals surface area contributed by atoms with Gasteiger partial charge in [0.05, 0.1) is 35.5 Å². The number of nitrogens with one attached hydrogen (secondary N) is 1. The molecular weight excluding hydrogens is 323 g/mol. The first-order chi connectivity index (χ1) is 10.4. The number of benzene rings is 1. The van der Waals surface area contributed by atoms with E-state index >= 15 is 0 Å². The van der Waals surface area contributed by atoms with Crippen molar-refractivity contribution in [3.8, 4) is 0 Å². The van der Waals surface area contributed by atoms with Gasteiger partial charge in [0.2, 0.25) is 0 Å². The number of morpholine rings is 1. The molecule has 2 aromatic rings. The number of hydrogen-bond donors (Lipinski definition) is 1. The van der Waals surface area contributed by atoms with Crippen molar-refractivity contribution in [3.05, 3.63) is 28.9 Å². The number of aromatic amines is 1. The van der Waals surface area contributed by atoms with E-state index in [9.17, 15) is 18.0 Å². The minimum absolute atomic E-state index is 0.0757. The number of H-pyrrole nitrogens is 1. The number of nitrogens with zero attached hydrogens (tertiary/aromatic N) is 2. The van der Waals surface area contributed by atoms with Crippen molar-refractivity contribution >= 4 is 28.4 Å². The van der Waals surface area contributed by atoms with Crippen LogP contribution in [0.25, 0.3) is 10.9 Å². The van der Waals surface area contributed by atoms with Gasteiger partial charge in [0.15, 0.2) is 6.10 Å². The summed E-state index contributed by atoms with van der Waals surface area (Å²) in [5.74, 6) is -0.572. The Morgan fingerprint density at radius 3 is 2.95 bits per heavy atom. The van der Waals surface area contributed by atoms with Gasteiger partial charge >= 0.3 is 6.18 Å². The summed E-state index contributed by atoms with van der Waals surface area (Å²) in [5.41, 5.74) is 0.534. The van der Waals surface area contributed by atoms with Crippen LogP contribution in [0.3, 0.4) is 0 Å². The van der Waals surface area contributed by atoms with Crippen LogP contribution in [0.4, 0.5) is 13.2 Å². The molecule has 5 nitrogen and oxygen atoms in total. The zero-order chi connectivity index (χ0) is 15.9. The lowest BCUT2D eigenvalue weighted by molar-refractivity contribution is -0.233. The third-order valence-corrected chi connectivity index (χ3v) is 3.81. The standard InChI is InChI=1S/C13H11ClF3N3O2/c14-8-2-1-7-5-18-19-11(7)10(8)12(21)20-3-4-22-9(6-20)13(15,16)17/h1-2,5,9H,3-4,6H2,(H,18,19). The summed E-state index contributed by atoms with van der Waals surface area (Å²) in [6.07, 6.45) is -4.98. The van der Waals surface area contributed by atoms with Crippen molar-refractivity contribution in [2.75, 3.05) is 19.7 Å².